The van der Waals surface area contributed by atoms with E-state index in [1.165, 1.54) is 19.3 Å². The molecule has 0 radical (unpaired) electrons. The molecule has 0 aliphatic carbocycles. The van der Waals surface area contributed by atoms with Crippen LogP contribution in [0.2, 0.25) is 0 Å². The minimum absolute atomic E-state index is 0.289. The van der Waals surface area contributed by atoms with E-state index in [0.29, 0.717) is 17.9 Å². The van der Waals surface area contributed by atoms with E-state index in [2.05, 4.69) is 39.5 Å². The van der Waals surface area contributed by atoms with E-state index in [4.69, 9.17) is 0 Å². The van der Waals surface area contributed by atoms with Crippen LogP contribution < -0.4 is 0 Å². The fourth-order valence-corrected chi connectivity index (χ4v) is 2.86. The molecule has 0 aromatic carbocycles. The molecular formula is C16H31NO. The number of likely N-dealkylation sites (tertiary alicyclic amines) is 1. The van der Waals surface area contributed by atoms with Gasteiger partial charge in [0.2, 0.25) is 5.91 Å². The maximum absolute atomic E-state index is 12.3. The minimum Gasteiger partial charge on any atom is -0.339 e. The molecule has 1 amide bonds. The Labute approximate surface area is 113 Å². The lowest BCUT2D eigenvalue weighted by Gasteiger charge is -2.39. The zero-order chi connectivity index (χ0) is 13.8. The molecule has 2 heteroatoms. The summed E-state index contributed by atoms with van der Waals surface area (Å²) in [5.41, 5.74) is 0.289. The van der Waals surface area contributed by atoms with Gasteiger partial charge in [-0.25, -0.2) is 0 Å². The Morgan fingerprint density at radius 1 is 1.11 bits per heavy atom. The maximum atomic E-state index is 12.3. The average Bonchev–Trinajstić information content (AvgIpc) is 2.20. The molecule has 0 spiro atoms. The summed E-state index contributed by atoms with van der Waals surface area (Å²) in [5, 5.41) is 0. The molecule has 1 aliphatic heterocycles. The number of nitrogens with zero attached hydrogens (tertiary/aromatic N) is 1. The third-order valence-electron chi connectivity index (χ3n) is 3.85. The molecule has 0 aromatic rings. The van der Waals surface area contributed by atoms with Crippen LogP contribution in [0, 0.1) is 11.3 Å². The van der Waals surface area contributed by atoms with Crippen LogP contribution in [0.1, 0.15) is 73.1 Å². The molecule has 1 rings (SSSR count). The van der Waals surface area contributed by atoms with Crippen molar-refractivity contribution in [2.24, 2.45) is 11.3 Å². The Hall–Kier alpha value is -0.530. The topological polar surface area (TPSA) is 20.3 Å². The highest BCUT2D eigenvalue weighted by Gasteiger charge is 2.30. The number of carbonyl (C=O) groups excluding carboxylic acids is 1. The van der Waals surface area contributed by atoms with Gasteiger partial charge in [-0.15, -0.1) is 0 Å². The molecular weight excluding hydrogens is 222 g/mol. The Kier molecular flexibility index (Phi) is 5.68. The molecule has 1 fully saturated rings. The molecule has 0 bridgehead atoms. The van der Waals surface area contributed by atoms with Gasteiger partial charge in [-0.05, 0) is 30.6 Å². The quantitative estimate of drug-likeness (QED) is 0.736. The van der Waals surface area contributed by atoms with Gasteiger partial charge in [-0.1, -0.05) is 47.5 Å². The summed E-state index contributed by atoms with van der Waals surface area (Å²) in [6.45, 7) is 12.3. The fraction of sp³-hybridized carbons (Fsp3) is 0.938. The first kappa shape index (κ1) is 15.5. The first-order valence-electron chi connectivity index (χ1n) is 7.61. The Morgan fingerprint density at radius 2 is 1.72 bits per heavy atom. The van der Waals surface area contributed by atoms with Crippen molar-refractivity contribution in [1.29, 1.82) is 0 Å². The monoisotopic (exact) mass is 253 g/mol. The van der Waals surface area contributed by atoms with E-state index < -0.39 is 0 Å². The zero-order valence-electron chi connectivity index (χ0n) is 13.0. The molecule has 1 saturated heterocycles. The van der Waals surface area contributed by atoms with Crippen molar-refractivity contribution in [2.45, 2.75) is 79.2 Å². The molecule has 106 valence electrons. The van der Waals surface area contributed by atoms with Gasteiger partial charge in [-0.3, -0.25) is 4.79 Å². The minimum atomic E-state index is 0.289. The summed E-state index contributed by atoms with van der Waals surface area (Å²) in [5.74, 6) is 0.935. The predicted molar refractivity (Wildman–Crippen MR) is 77.5 cm³/mol. The highest BCUT2D eigenvalue weighted by molar-refractivity contribution is 5.76. The van der Waals surface area contributed by atoms with Gasteiger partial charge in [0, 0.05) is 19.0 Å². The molecule has 1 aliphatic rings. The second-order valence-corrected chi connectivity index (χ2v) is 7.33. The SMILES string of the molecule is CC(C)C(CC(C)(C)C)N1CCCCCCC1=O. The van der Waals surface area contributed by atoms with Crippen LogP contribution >= 0.6 is 0 Å². The molecule has 1 atom stereocenters. The van der Waals surface area contributed by atoms with Gasteiger partial charge in [0.25, 0.3) is 0 Å². The molecule has 0 saturated carbocycles. The number of hydrogen-bond acceptors (Lipinski definition) is 1. The maximum Gasteiger partial charge on any atom is 0.222 e. The fourth-order valence-electron chi connectivity index (χ4n) is 2.86. The van der Waals surface area contributed by atoms with E-state index in [1.807, 2.05) is 0 Å². The second-order valence-electron chi connectivity index (χ2n) is 7.33. The molecule has 1 unspecified atom stereocenters. The normalized spacial score (nSPS) is 20.8. The van der Waals surface area contributed by atoms with Crippen molar-refractivity contribution in [3.63, 3.8) is 0 Å². The summed E-state index contributed by atoms with van der Waals surface area (Å²) in [4.78, 5) is 14.5. The van der Waals surface area contributed by atoms with Crippen molar-refractivity contribution >= 4 is 5.91 Å². The van der Waals surface area contributed by atoms with Gasteiger partial charge in [0.1, 0.15) is 0 Å². The van der Waals surface area contributed by atoms with Gasteiger partial charge >= 0.3 is 0 Å². The molecule has 2 nitrogen and oxygen atoms in total. The van der Waals surface area contributed by atoms with E-state index in [9.17, 15) is 4.79 Å². The number of amides is 1. The van der Waals surface area contributed by atoms with Crippen LogP contribution in [-0.2, 0) is 4.79 Å². The first-order chi connectivity index (χ1) is 8.31. The summed E-state index contributed by atoms with van der Waals surface area (Å²) in [7, 11) is 0. The van der Waals surface area contributed by atoms with Gasteiger partial charge in [-0.2, -0.15) is 0 Å². The Bertz CT molecular complexity index is 265. The standard InChI is InChI=1S/C16H31NO/c1-13(2)14(12-16(3,4)5)17-11-9-7-6-8-10-15(17)18/h13-14H,6-12H2,1-5H3. The summed E-state index contributed by atoms with van der Waals surface area (Å²) in [6.07, 6.45) is 6.63. The van der Waals surface area contributed by atoms with Crippen molar-refractivity contribution in [3.8, 4) is 0 Å². The number of carbonyl (C=O) groups is 1. The van der Waals surface area contributed by atoms with Crippen molar-refractivity contribution < 1.29 is 4.79 Å². The average molecular weight is 253 g/mol. The van der Waals surface area contributed by atoms with E-state index in [0.717, 1.165) is 25.8 Å². The van der Waals surface area contributed by atoms with E-state index >= 15 is 0 Å². The summed E-state index contributed by atoms with van der Waals surface area (Å²) >= 11 is 0. The van der Waals surface area contributed by atoms with Crippen LogP contribution in [0.15, 0.2) is 0 Å². The zero-order valence-corrected chi connectivity index (χ0v) is 13.0. The lowest BCUT2D eigenvalue weighted by atomic mass is 9.83. The Balaban J connectivity index is 2.77. The lowest BCUT2D eigenvalue weighted by molar-refractivity contribution is -0.136. The predicted octanol–water partition coefficient (Wildman–Crippen LogP) is 4.24. The van der Waals surface area contributed by atoms with Crippen LogP contribution in [-0.4, -0.2) is 23.4 Å². The van der Waals surface area contributed by atoms with Gasteiger partial charge in [0.15, 0.2) is 0 Å². The molecule has 18 heavy (non-hydrogen) atoms. The molecule has 1 heterocycles. The first-order valence-corrected chi connectivity index (χ1v) is 7.61. The van der Waals surface area contributed by atoms with Gasteiger partial charge < -0.3 is 4.90 Å². The number of rotatable bonds is 3. The highest BCUT2D eigenvalue weighted by atomic mass is 16.2. The summed E-state index contributed by atoms with van der Waals surface area (Å²) in [6, 6.07) is 0.413. The van der Waals surface area contributed by atoms with Crippen molar-refractivity contribution in [2.75, 3.05) is 6.54 Å². The van der Waals surface area contributed by atoms with Crippen LogP contribution in [0.25, 0.3) is 0 Å². The van der Waals surface area contributed by atoms with Crippen molar-refractivity contribution in [1.82, 2.24) is 4.90 Å². The van der Waals surface area contributed by atoms with Gasteiger partial charge in [0.05, 0.1) is 0 Å². The molecule has 0 aromatic heterocycles. The second kappa shape index (κ2) is 6.58. The van der Waals surface area contributed by atoms with Crippen LogP contribution in [0.5, 0.6) is 0 Å². The van der Waals surface area contributed by atoms with Crippen molar-refractivity contribution in [3.05, 3.63) is 0 Å². The van der Waals surface area contributed by atoms with Crippen LogP contribution in [0.3, 0.4) is 0 Å². The van der Waals surface area contributed by atoms with E-state index in [1.54, 1.807) is 0 Å². The molecule has 0 N–H and O–H groups in total. The smallest absolute Gasteiger partial charge is 0.222 e. The Morgan fingerprint density at radius 3 is 2.28 bits per heavy atom. The third-order valence-corrected chi connectivity index (χ3v) is 3.85. The highest BCUT2D eigenvalue weighted by Crippen LogP contribution is 2.29. The lowest BCUT2D eigenvalue weighted by Crippen LogP contribution is -2.46. The van der Waals surface area contributed by atoms with Crippen LogP contribution in [0.4, 0.5) is 0 Å². The van der Waals surface area contributed by atoms with E-state index in [-0.39, 0.29) is 5.41 Å². The summed E-state index contributed by atoms with van der Waals surface area (Å²) < 4.78 is 0. The third kappa shape index (κ3) is 4.99. The number of hydrogen-bond donors (Lipinski definition) is 0. The largest absolute Gasteiger partial charge is 0.339 e.